The van der Waals surface area contributed by atoms with E-state index in [-0.39, 0.29) is 0 Å². The second-order valence-electron chi connectivity index (χ2n) is 5.54. The lowest BCUT2D eigenvalue weighted by atomic mass is 9.98. The molecule has 1 fully saturated rings. The van der Waals surface area contributed by atoms with Gasteiger partial charge in [-0.1, -0.05) is 24.3 Å². The van der Waals surface area contributed by atoms with Crippen molar-refractivity contribution in [3.63, 3.8) is 0 Å². The van der Waals surface area contributed by atoms with Crippen LogP contribution in [-0.2, 0) is 11.3 Å². The van der Waals surface area contributed by atoms with E-state index in [4.69, 9.17) is 9.84 Å². The molecular formula is C18H19NO3. The molecule has 2 aromatic rings. The van der Waals surface area contributed by atoms with E-state index in [0.717, 1.165) is 30.9 Å². The van der Waals surface area contributed by atoms with Crippen LogP contribution in [0.15, 0.2) is 48.5 Å². The fraction of sp³-hybridized carbons (Fsp3) is 0.278. The number of carboxylic acids is 1. The molecule has 3 rings (SSSR count). The summed E-state index contributed by atoms with van der Waals surface area (Å²) in [6.07, 6.45) is 1.10. The summed E-state index contributed by atoms with van der Waals surface area (Å²) in [5.41, 5.74) is 3.75. The Hall–Kier alpha value is -2.33. The van der Waals surface area contributed by atoms with Crippen LogP contribution in [0.2, 0.25) is 0 Å². The Balaban J connectivity index is 1.57. The van der Waals surface area contributed by atoms with Crippen molar-refractivity contribution < 1.29 is 14.6 Å². The molecule has 4 heteroatoms. The third-order valence-corrected chi connectivity index (χ3v) is 4.01. The fourth-order valence-corrected chi connectivity index (χ4v) is 2.64. The van der Waals surface area contributed by atoms with Crippen molar-refractivity contribution in [2.75, 3.05) is 18.5 Å². The average Bonchev–Trinajstić information content (AvgIpc) is 3.08. The Labute approximate surface area is 129 Å². The largest absolute Gasteiger partial charge is 0.478 e. The lowest BCUT2D eigenvalue weighted by Gasteiger charge is -2.11. The molecule has 0 bridgehead atoms. The summed E-state index contributed by atoms with van der Waals surface area (Å²) in [5.74, 6) is -0.372. The number of rotatable bonds is 5. The molecule has 1 heterocycles. The third-order valence-electron chi connectivity index (χ3n) is 4.01. The Morgan fingerprint density at radius 1 is 1.14 bits per heavy atom. The minimum Gasteiger partial charge on any atom is -0.478 e. The Kier molecular flexibility index (Phi) is 4.39. The van der Waals surface area contributed by atoms with Gasteiger partial charge in [0.05, 0.1) is 12.2 Å². The number of carboxylic acid groups (broad SMARTS) is 1. The van der Waals surface area contributed by atoms with Crippen LogP contribution in [-0.4, -0.2) is 24.3 Å². The van der Waals surface area contributed by atoms with Gasteiger partial charge >= 0.3 is 5.97 Å². The van der Waals surface area contributed by atoms with Gasteiger partial charge < -0.3 is 15.2 Å². The van der Waals surface area contributed by atoms with Crippen LogP contribution in [0, 0.1) is 0 Å². The molecule has 0 radical (unpaired) electrons. The van der Waals surface area contributed by atoms with Gasteiger partial charge in [0.15, 0.2) is 0 Å². The summed E-state index contributed by atoms with van der Waals surface area (Å²) in [7, 11) is 0. The monoisotopic (exact) mass is 297 g/mol. The normalized spacial score (nSPS) is 17.4. The van der Waals surface area contributed by atoms with E-state index in [1.54, 1.807) is 12.1 Å². The van der Waals surface area contributed by atoms with Gasteiger partial charge in [-0.2, -0.15) is 0 Å². The van der Waals surface area contributed by atoms with Crippen molar-refractivity contribution in [3.8, 4) is 0 Å². The summed E-state index contributed by atoms with van der Waals surface area (Å²) in [4.78, 5) is 10.8. The van der Waals surface area contributed by atoms with E-state index in [1.165, 1.54) is 5.56 Å². The van der Waals surface area contributed by atoms with E-state index in [2.05, 4.69) is 29.6 Å². The van der Waals surface area contributed by atoms with Crippen molar-refractivity contribution in [2.24, 2.45) is 0 Å². The molecule has 2 N–H and O–H groups in total. The van der Waals surface area contributed by atoms with Gasteiger partial charge in [0.25, 0.3) is 0 Å². The first-order chi connectivity index (χ1) is 10.7. The Morgan fingerprint density at radius 3 is 2.45 bits per heavy atom. The van der Waals surface area contributed by atoms with Crippen LogP contribution in [0.5, 0.6) is 0 Å². The zero-order chi connectivity index (χ0) is 15.4. The second kappa shape index (κ2) is 6.62. The highest BCUT2D eigenvalue weighted by atomic mass is 16.5. The van der Waals surface area contributed by atoms with Crippen molar-refractivity contribution in [2.45, 2.75) is 18.9 Å². The predicted molar refractivity (Wildman–Crippen MR) is 85.3 cm³/mol. The maximum atomic E-state index is 10.8. The molecule has 1 aliphatic rings. The zero-order valence-electron chi connectivity index (χ0n) is 12.3. The van der Waals surface area contributed by atoms with Crippen LogP contribution in [0.1, 0.15) is 33.8 Å². The maximum Gasteiger partial charge on any atom is 0.335 e. The molecule has 0 amide bonds. The van der Waals surface area contributed by atoms with Gasteiger partial charge in [-0.3, -0.25) is 0 Å². The number of nitrogens with one attached hydrogen (secondary N) is 1. The van der Waals surface area contributed by atoms with Crippen LogP contribution < -0.4 is 5.32 Å². The molecule has 0 spiro atoms. The molecule has 1 saturated heterocycles. The van der Waals surface area contributed by atoms with Gasteiger partial charge in [-0.15, -0.1) is 0 Å². The van der Waals surface area contributed by atoms with E-state index in [0.29, 0.717) is 18.0 Å². The lowest BCUT2D eigenvalue weighted by Crippen LogP contribution is -2.02. The molecule has 0 saturated carbocycles. The number of ether oxygens (including phenoxy) is 1. The van der Waals surface area contributed by atoms with Gasteiger partial charge in [-0.05, 0) is 41.8 Å². The highest BCUT2D eigenvalue weighted by Crippen LogP contribution is 2.26. The van der Waals surface area contributed by atoms with Gasteiger partial charge in [0.2, 0.25) is 0 Å². The molecule has 0 aromatic heterocycles. The van der Waals surface area contributed by atoms with Crippen LogP contribution >= 0.6 is 0 Å². The number of anilines is 1. The highest BCUT2D eigenvalue weighted by Gasteiger charge is 2.17. The summed E-state index contributed by atoms with van der Waals surface area (Å²) < 4.78 is 5.42. The standard InChI is InChI=1S/C18H19NO3/c20-18(21)15-3-1-13(2-4-15)11-19-17-7-5-14(6-8-17)16-9-10-22-12-16/h1-8,16,19H,9-12H2,(H,20,21). The second-order valence-corrected chi connectivity index (χ2v) is 5.54. The fourth-order valence-electron chi connectivity index (χ4n) is 2.64. The minimum absolute atomic E-state index is 0.312. The first-order valence-corrected chi connectivity index (χ1v) is 7.46. The molecule has 114 valence electrons. The minimum atomic E-state index is -0.897. The van der Waals surface area contributed by atoms with Gasteiger partial charge in [0, 0.05) is 24.8 Å². The van der Waals surface area contributed by atoms with Crippen molar-refractivity contribution in [1.29, 1.82) is 0 Å². The number of hydrogen-bond acceptors (Lipinski definition) is 3. The van der Waals surface area contributed by atoms with Crippen molar-refractivity contribution in [1.82, 2.24) is 0 Å². The topological polar surface area (TPSA) is 58.6 Å². The van der Waals surface area contributed by atoms with E-state index in [9.17, 15) is 4.79 Å². The zero-order valence-corrected chi connectivity index (χ0v) is 12.3. The van der Waals surface area contributed by atoms with Crippen LogP contribution in [0.3, 0.4) is 0 Å². The molecule has 1 atom stereocenters. The SMILES string of the molecule is O=C(O)c1ccc(CNc2ccc(C3CCOC3)cc2)cc1. The number of carbonyl (C=O) groups is 1. The summed E-state index contributed by atoms with van der Waals surface area (Å²) in [6, 6.07) is 15.4. The lowest BCUT2D eigenvalue weighted by molar-refractivity contribution is 0.0697. The van der Waals surface area contributed by atoms with Gasteiger partial charge in [-0.25, -0.2) is 4.79 Å². The third kappa shape index (κ3) is 3.46. The van der Waals surface area contributed by atoms with E-state index >= 15 is 0 Å². The molecular weight excluding hydrogens is 278 g/mol. The average molecular weight is 297 g/mol. The van der Waals surface area contributed by atoms with Crippen LogP contribution in [0.4, 0.5) is 5.69 Å². The first-order valence-electron chi connectivity index (χ1n) is 7.46. The van der Waals surface area contributed by atoms with E-state index < -0.39 is 5.97 Å². The summed E-state index contributed by atoms with van der Waals surface area (Å²) in [6.45, 7) is 2.35. The van der Waals surface area contributed by atoms with Crippen molar-refractivity contribution >= 4 is 11.7 Å². The highest BCUT2D eigenvalue weighted by molar-refractivity contribution is 5.87. The summed E-state index contributed by atoms with van der Waals surface area (Å²) in [5, 5.41) is 12.2. The van der Waals surface area contributed by atoms with E-state index in [1.807, 2.05) is 12.1 Å². The van der Waals surface area contributed by atoms with Crippen LogP contribution in [0.25, 0.3) is 0 Å². The molecule has 2 aromatic carbocycles. The number of benzene rings is 2. The number of aromatic carboxylic acids is 1. The Morgan fingerprint density at radius 2 is 1.86 bits per heavy atom. The summed E-state index contributed by atoms with van der Waals surface area (Å²) >= 11 is 0. The first kappa shape index (κ1) is 14.6. The molecule has 22 heavy (non-hydrogen) atoms. The van der Waals surface area contributed by atoms with Gasteiger partial charge in [0.1, 0.15) is 0 Å². The van der Waals surface area contributed by atoms with Crippen molar-refractivity contribution in [3.05, 3.63) is 65.2 Å². The predicted octanol–water partition coefficient (Wildman–Crippen LogP) is 3.50. The Bertz CT molecular complexity index is 628. The molecule has 1 unspecified atom stereocenters. The quantitative estimate of drug-likeness (QED) is 0.887. The number of hydrogen-bond donors (Lipinski definition) is 2. The molecule has 4 nitrogen and oxygen atoms in total. The smallest absolute Gasteiger partial charge is 0.335 e. The molecule has 0 aliphatic carbocycles. The maximum absolute atomic E-state index is 10.8. The molecule has 1 aliphatic heterocycles.